The highest BCUT2D eigenvalue weighted by Gasteiger charge is 2.17. The molecular weight excluding hydrogens is 358 g/mol. The molecule has 142 valence electrons. The van der Waals surface area contributed by atoms with Crippen molar-refractivity contribution < 1.29 is 8.42 Å². The van der Waals surface area contributed by atoms with Crippen molar-refractivity contribution in [2.24, 2.45) is 0 Å². The highest BCUT2D eigenvalue weighted by atomic mass is 32.2. The van der Waals surface area contributed by atoms with Gasteiger partial charge in [0.1, 0.15) is 0 Å². The number of para-hydroxylation sites is 1. The molecule has 0 amide bonds. The standard InChI is InChI=1S/C21H25N3O2S/c1-15-9-11-17(12-10-15)27(25,26)24-20-13-16(14-22-21(2,3)4)23-19-8-6-5-7-18(19)20/h5-13,22H,14H2,1-4H3,(H,23,24). The molecule has 0 bridgehead atoms. The lowest BCUT2D eigenvalue weighted by Gasteiger charge is -2.21. The van der Waals surface area contributed by atoms with Crippen molar-refractivity contribution in [3.8, 4) is 0 Å². The van der Waals surface area contributed by atoms with E-state index in [0.717, 1.165) is 22.2 Å². The second kappa shape index (κ2) is 7.29. The van der Waals surface area contributed by atoms with Crippen LogP contribution < -0.4 is 10.0 Å². The van der Waals surface area contributed by atoms with Crippen LogP contribution in [0, 0.1) is 6.92 Å². The molecule has 3 aromatic rings. The number of nitrogens with one attached hydrogen (secondary N) is 2. The van der Waals surface area contributed by atoms with Crippen LogP contribution in [0.25, 0.3) is 10.9 Å². The van der Waals surface area contributed by atoms with Crippen LogP contribution in [0.2, 0.25) is 0 Å². The third-order valence-electron chi connectivity index (χ3n) is 4.14. The van der Waals surface area contributed by atoms with Crippen LogP contribution in [0.5, 0.6) is 0 Å². The zero-order valence-corrected chi connectivity index (χ0v) is 16.9. The summed E-state index contributed by atoms with van der Waals surface area (Å²) in [5, 5.41) is 4.16. The Morgan fingerprint density at radius 3 is 2.33 bits per heavy atom. The van der Waals surface area contributed by atoms with E-state index in [1.807, 2.05) is 31.2 Å². The van der Waals surface area contributed by atoms with Crippen molar-refractivity contribution >= 4 is 26.6 Å². The van der Waals surface area contributed by atoms with Gasteiger partial charge in [-0.05, 0) is 52.0 Å². The first-order chi connectivity index (χ1) is 12.6. The summed E-state index contributed by atoms with van der Waals surface area (Å²) >= 11 is 0. The van der Waals surface area contributed by atoms with Gasteiger partial charge in [0.15, 0.2) is 0 Å². The first-order valence-electron chi connectivity index (χ1n) is 8.87. The van der Waals surface area contributed by atoms with Crippen LogP contribution in [0.15, 0.2) is 59.5 Å². The van der Waals surface area contributed by atoms with Crippen molar-refractivity contribution in [3.63, 3.8) is 0 Å². The van der Waals surface area contributed by atoms with Gasteiger partial charge in [-0.25, -0.2) is 8.42 Å². The minimum Gasteiger partial charge on any atom is -0.306 e. The summed E-state index contributed by atoms with van der Waals surface area (Å²) in [6.45, 7) is 8.71. The Morgan fingerprint density at radius 1 is 1.00 bits per heavy atom. The highest BCUT2D eigenvalue weighted by molar-refractivity contribution is 7.92. The fourth-order valence-electron chi connectivity index (χ4n) is 2.68. The highest BCUT2D eigenvalue weighted by Crippen LogP contribution is 2.26. The number of hydrogen-bond acceptors (Lipinski definition) is 4. The molecular formula is C21H25N3O2S. The summed E-state index contributed by atoms with van der Waals surface area (Å²) in [7, 11) is -3.68. The first-order valence-corrected chi connectivity index (χ1v) is 10.4. The molecule has 0 aliphatic carbocycles. The summed E-state index contributed by atoms with van der Waals surface area (Å²) in [5.41, 5.74) is 3.03. The molecule has 3 rings (SSSR count). The molecule has 27 heavy (non-hydrogen) atoms. The Morgan fingerprint density at radius 2 is 1.67 bits per heavy atom. The van der Waals surface area contributed by atoms with Gasteiger partial charge in [-0.15, -0.1) is 0 Å². The number of pyridine rings is 1. The van der Waals surface area contributed by atoms with Gasteiger partial charge < -0.3 is 5.32 Å². The maximum Gasteiger partial charge on any atom is 0.261 e. The second-order valence-electron chi connectivity index (χ2n) is 7.70. The lowest BCUT2D eigenvalue weighted by molar-refractivity contribution is 0.421. The van der Waals surface area contributed by atoms with Crippen LogP contribution in [-0.4, -0.2) is 18.9 Å². The molecule has 0 fully saturated rings. The number of rotatable bonds is 5. The van der Waals surface area contributed by atoms with E-state index in [1.54, 1.807) is 30.3 Å². The molecule has 2 N–H and O–H groups in total. The van der Waals surface area contributed by atoms with Crippen molar-refractivity contribution in [1.82, 2.24) is 10.3 Å². The number of sulfonamides is 1. The van der Waals surface area contributed by atoms with E-state index >= 15 is 0 Å². The smallest absolute Gasteiger partial charge is 0.261 e. The normalized spacial score (nSPS) is 12.3. The molecule has 0 radical (unpaired) electrons. The van der Waals surface area contributed by atoms with Crippen LogP contribution in [0.1, 0.15) is 32.0 Å². The molecule has 1 aromatic heterocycles. The van der Waals surface area contributed by atoms with Crippen molar-refractivity contribution in [3.05, 3.63) is 65.9 Å². The number of anilines is 1. The third-order valence-corrected chi connectivity index (χ3v) is 5.53. The maximum atomic E-state index is 12.8. The largest absolute Gasteiger partial charge is 0.306 e. The van der Waals surface area contributed by atoms with E-state index in [1.165, 1.54) is 0 Å². The molecule has 0 unspecified atom stereocenters. The zero-order valence-electron chi connectivity index (χ0n) is 16.1. The Kier molecular flexibility index (Phi) is 5.22. The maximum absolute atomic E-state index is 12.8. The summed E-state index contributed by atoms with van der Waals surface area (Å²) in [6.07, 6.45) is 0. The molecule has 0 saturated heterocycles. The van der Waals surface area contributed by atoms with Gasteiger partial charge in [0.2, 0.25) is 0 Å². The van der Waals surface area contributed by atoms with Crippen LogP contribution in [0.3, 0.4) is 0 Å². The van der Waals surface area contributed by atoms with Gasteiger partial charge in [0, 0.05) is 17.5 Å². The fourth-order valence-corrected chi connectivity index (χ4v) is 3.75. The topological polar surface area (TPSA) is 71.1 Å². The molecule has 0 atom stereocenters. The Labute approximate surface area is 160 Å². The summed E-state index contributed by atoms with van der Waals surface area (Å²) in [6, 6.07) is 16.1. The van der Waals surface area contributed by atoms with Crippen LogP contribution in [0.4, 0.5) is 5.69 Å². The average Bonchev–Trinajstić information content (AvgIpc) is 2.59. The predicted octanol–water partition coefficient (Wildman–Crippen LogP) is 4.23. The average molecular weight is 384 g/mol. The van der Waals surface area contributed by atoms with Gasteiger partial charge in [0.25, 0.3) is 10.0 Å². The monoisotopic (exact) mass is 383 g/mol. The Bertz CT molecular complexity index is 1050. The van der Waals surface area contributed by atoms with E-state index < -0.39 is 10.0 Å². The molecule has 5 nitrogen and oxygen atoms in total. The van der Waals surface area contributed by atoms with Gasteiger partial charge in [0.05, 0.1) is 21.8 Å². The molecule has 0 saturated carbocycles. The van der Waals surface area contributed by atoms with E-state index in [9.17, 15) is 8.42 Å². The number of fused-ring (bicyclic) bond motifs is 1. The van der Waals surface area contributed by atoms with Gasteiger partial charge in [-0.1, -0.05) is 35.9 Å². The molecule has 0 aliphatic heterocycles. The SMILES string of the molecule is Cc1ccc(S(=O)(=O)Nc2cc(CNC(C)(C)C)nc3ccccc23)cc1. The number of aryl methyl sites for hydroxylation is 1. The van der Waals surface area contributed by atoms with E-state index in [2.05, 4.69) is 35.8 Å². The molecule has 2 aromatic carbocycles. The number of hydrogen-bond donors (Lipinski definition) is 2. The number of benzene rings is 2. The zero-order chi connectivity index (χ0) is 19.7. The molecule has 1 heterocycles. The van der Waals surface area contributed by atoms with Gasteiger partial charge >= 0.3 is 0 Å². The second-order valence-corrected chi connectivity index (χ2v) is 9.38. The summed E-state index contributed by atoms with van der Waals surface area (Å²) < 4.78 is 28.4. The fraction of sp³-hybridized carbons (Fsp3) is 0.286. The number of aromatic nitrogens is 1. The lowest BCUT2D eigenvalue weighted by Crippen LogP contribution is -2.35. The van der Waals surface area contributed by atoms with Crippen LogP contribution >= 0.6 is 0 Å². The summed E-state index contributed by atoms with van der Waals surface area (Å²) in [5.74, 6) is 0. The Balaban J connectivity index is 2.00. The van der Waals surface area contributed by atoms with Crippen molar-refractivity contribution in [1.29, 1.82) is 0 Å². The van der Waals surface area contributed by atoms with E-state index in [-0.39, 0.29) is 10.4 Å². The first kappa shape index (κ1) is 19.3. The van der Waals surface area contributed by atoms with Crippen molar-refractivity contribution in [2.45, 2.75) is 44.7 Å². The minimum absolute atomic E-state index is 0.0606. The third kappa shape index (κ3) is 4.84. The number of nitrogens with zero attached hydrogens (tertiary/aromatic N) is 1. The quantitative estimate of drug-likeness (QED) is 0.692. The van der Waals surface area contributed by atoms with Gasteiger partial charge in [-0.3, -0.25) is 9.71 Å². The Hall–Kier alpha value is -2.44. The van der Waals surface area contributed by atoms with E-state index in [0.29, 0.717) is 12.2 Å². The lowest BCUT2D eigenvalue weighted by atomic mass is 10.1. The van der Waals surface area contributed by atoms with E-state index in [4.69, 9.17) is 0 Å². The van der Waals surface area contributed by atoms with Gasteiger partial charge in [-0.2, -0.15) is 0 Å². The van der Waals surface area contributed by atoms with Crippen molar-refractivity contribution in [2.75, 3.05) is 4.72 Å². The summed E-state index contributed by atoms with van der Waals surface area (Å²) in [4.78, 5) is 4.90. The van der Waals surface area contributed by atoms with Crippen LogP contribution in [-0.2, 0) is 16.6 Å². The molecule has 0 aliphatic rings. The minimum atomic E-state index is -3.68. The predicted molar refractivity (Wildman–Crippen MR) is 110 cm³/mol. The molecule has 0 spiro atoms. The molecule has 6 heteroatoms.